The van der Waals surface area contributed by atoms with E-state index < -0.39 is 12.5 Å². The number of halogens is 2. The molecule has 1 fully saturated rings. The molecule has 1 amide bonds. The summed E-state index contributed by atoms with van der Waals surface area (Å²) in [6, 6.07) is 0.203. The van der Waals surface area contributed by atoms with Crippen molar-refractivity contribution >= 4 is 11.9 Å². The minimum Gasteiger partial charge on any atom is -0.289 e. The lowest BCUT2D eigenvalue weighted by Crippen LogP contribution is -2.15. The lowest BCUT2D eigenvalue weighted by Gasteiger charge is -2.03. The highest BCUT2D eigenvalue weighted by Gasteiger charge is 2.28. The molecule has 1 saturated carbocycles. The summed E-state index contributed by atoms with van der Waals surface area (Å²) >= 11 is 0. The molecular formula is C9H9F2N7O. The maximum absolute atomic E-state index is 12.3. The van der Waals surface area contributed by atoms with E-state index in [-0.39, 0.29) is 17.6 Å². The Balaban J connectivity index is 1.74. The molecule has 0 unspecified atom stereocenters. The summed E-state index contributed by atoms with van der Waals surface area (Å²) in [6.07, 6.45) is 3.94. The van der Waals surface area contributed by atoms with Crippen LogP contribution < -0.4 is 5.32 Å². The van der Waals surface area contributed by atoms with Gasteiger partial charge in [-0.1, -0.05) is 5.10 Å². The first-order chi connectivity index (χ1) is 9.15. The number of hydrogen-bond acceptors (Lipinski definition) is 5. The average molecular weight is 269 g/mol. The molecule has 0 aromatic carbocycles. The average Bonchev–Trinajstić information content (AvgIpc) is 2.93. The summed E-state index contributed by atoms with van der Waals surface area (Å²) in [5.74, 6) is -0.374. The fourth-order valence-corrected chi connectivity index (χ4v) is 1.58. The molecule has 0 atom stereocenters. The number of amides is 1. The molecule has 10 heteroatoms. The second kappa shape index (κ2) is 4.37. The van der Waals surface area contributed by atoms with Gasteiger partial charge in [-0.2, -0.15) is 13.9 Å². The number of carbonyl (C=O) groups excluding carboxylic acids is 1. The first-order valence-corrected chi connectivity index (χ1v) is 5.56. The quantitative estimate of drug-likeness (QED) is 0.888. The molecule has 2 heterocycles. The Hall–Kier alpha value is -2.39. The summed E-state index contributed by atoms with van der Waals surface area (Å²) in [5.41, 5.74) is 0.0191. The van der Waals surface area contributed by atoms with Crippen LogP contribution in [0.5, 0.6) is 0 Å². The molecule has 2 aromatic heterocycles. The largest absolute Gasteiger partial charge is 0.333 e. The van der Waals surface area contributed by atoms with Crippen molar-refractivity contribution in [3.63, 3.8) is 0 Å². The van der Waals surface area contributed by atoms with Crippen molar-refractivity contribution in [2.45, 2.75) is 25.4 Å². The van der Waals surface area contributed by atoms with Crippen LogP contribution in [0.4, 0.5) is 14.7 Å². The predicted octanol–water partition coefficient (Wildman–Crippen LogP) is 0.852. The van der Waals surface area contributed by atoms with Gasteiger partial charge in [-0.05, 0) is 23.3 Å². The van der Waals surface area contributed by atoms with E-state index >= 15 is 0 Å². The molecule has 1 aliphatic carbocycles. The Kier molecular flexibility index (Phi) is 2.69. The van der Waals surface area contributed by atoms with Crippen LogP contribution in [0.2, 0.25) is 0 Å². The molecule has 2 aromatic rings. The van der Waals surface area contributed by atoms with Crippen molar-refractivity contribution in [3.8, 4) is 0 Å². The van der Waals surface area contributed by atoms with Crippen molar-refractivity contribution in [1.82, 2.24) is 30.0 Å². The predicted molar refractivity (Wildman–Crippen MR) is 57.5 cm³/mol. The van der Waals surface area contributed by atoms with E-state index in [1.54, 1.807) is 0 Å². The minimum atomic E-state index is -2.78. The van der Waals surface area contributed by atoms with Crippen molar-refractivity contribution < 1.29 is 13.6 Å². The van der Waals surface area contributed by atoms with Gasteiger partial charge in [0.1, 0.15) is 0 Å². The Morgan fingerprint density at radius 1 is 1.47 bits per heavy atom. The zero-order valence-corrected chi connectivity index (χ0v) is 9.57. The number of carbonyl (C=O) groups is 1. The van der Waals surface area contributed by atoms with Gasteiger partial charge in [0.15, 0.2) is 0 Å². The van der Waals surface area contributed by atoms with Crippen LogP contribution in [0.25, 0.3) is 0 Å². The topological polar surface area (TPSA) is 90.5 Å². The van der Waals surface area contributed by atoms with Crippen LogP contribution in [0, 0.1) is 0 Å². The van der Waals surface area contributed by atoms with E-state index in [0.29, 0.717) is 4.68 Å². The summed E-state index contributed by atoms with van der Waals surface area (Å²) < 4.78 is 26.6. The number of tetrazole rings is 1. The van der Waals surface area contributed by atoms with Gasteiger partial charge in [0.25, 0.3) is 5.91 Å². The summed E-state index contributed by atoms with van der Waals surface area (Å²) in [6.45, 7) is -2.78. The van der Waals surface area contributed by atoms with Crippen LogP contribution in [0.1, 0.15) is 35.8 Å². The Morgan fingerprint density at radius 3 is 2.89 bits per heavy atom. The Bertz CT molecular complexity index is 603. The van der Waals surface area contributed by atoms with Crippen LogP contribution in [-0.2, 0) is 0 Å². The van der Waals surface area contributed by atoms with Crippen molar-refractivity contribution in [3.05, 3.63) is 18.0 Å². The van der Waals surface area contributed by atoms with Crippen LogP contribution in [0.3, 0.4) is 0 Å². The molecule has 0 saturated heterocycles. The first-order valence-electron chi connectivity index (χ1n) is 5.56. The number of anilines is 1. The van der Waals surface area contributed by atoms with E-state index in [1.165, 1.54) is 4.68 Å². The fraction of sp³-hybridized carbons (Fsp3) is 0.444. The SMILES string of the molecule is O=C(Nc1nnnn1C1CC1)c1cnn(C(F)F)c1. The number of rotatable bonds is 4. The van der Waals surface area contributed by atoms with E-state index in [4.69, 9.17) is 0 Å². The van der Waals surface area contributed by atoms with E-state index in [1.807, 2.05) is 0 Å². The number of nitrogens with zero attached hydrogens (tertiary/aromatic N) is 6. The molecule has 0 bridgehead atoms. The third-order valence-corrected chi connectivity index (χ3v) is 2.67. The first kappa shape index (κ1) is 11.7. The molecule has 1 aliphatic rings. The highest BCUT2D eigenvalue weighted by atomic mass is 19.3. The highest BCUT2D eigenvalue weighted by molar-refractivity contribution is 6.02. The molecular weight excluding hydrogens is 260 g/mol. The third kappa shape index (κ3) is 2.28. The molecule has 0 aliphatic heterocycles. The van der Waals surface area contributed by atoms with Gasteiger partial charge in [-0.3, -0.25) is 10.1 Å². The molecule has 3 rings (SSSR count). The van der Waals surface area contributed by atoms with E-state index in [9.17, 15) is 13.6 Å². The van der Waals surface area contributed by atoms with Crippen molar-refractivity contribution in [2.24, 2.45) is 0 Å². The molecule has 19 heavy (non-hydrogen) atoms. The minimum absolute atomic E-state index is 0.0191. The summed E-state index contributed by atoms with van der Waals surface area (Å²) in [4.78, 5) is 11.8. The smallest absolute Gasteiger partial charge is 0.289 e. The second-order valence-corrected chi connectivity index (χ2v) is 4.12. The third-order valence-electron chi connectivity index (χ3n) is 2.67. The summed E-state index contributed by atoms with van der Waals surface area (Å²) in [5, 5.41) is 16.8. The van der Waals surface area contributed by atoms with Gasteiger partial charge in [0.2, 0.25) is 5.95 Å². The zero-order chi connectivity index (χ0) is 13.4. The Morgan fingerprint density at radius 2 is 2.26 bits per heavy atom. The zero-order valence-electron chi connectivity index (χ0n) is 9.57. The van der Waals surface area contributed by atoms with Gasteiger partial charge < -0.3 is 0 Å². The van der Waals surface area contributed by atoms with E-state index in [0.717, 1.165) is 25.2 Å². The number of aromatic nitrogens is 6. The maximum Gasteiger partial charge on any atom is 0.333 e. The number of hydrogen-bond donors (Lipinski definition) is 1. The Labute approximate surface area is 105 Å². The number of alkyl halides is 2. The van der Waals surface area contributed by atoms with Gasteiger partial charge >= 0.3 is 6.55 Å². The molecule has 0 spiro atoms. The summed E-state index contributed by atoms with van der Waals surface area (Å²) in [7, 11) is 0. The monoisotopic (exact) mass is 269 g/mol. The molecule has 0 radical (unpaired) electrons. The standard InChI is InChI=1S/C9H9F2N7O/c10-8(11)17-4-5(3-12-17)7(19)13-9-14-15-16-18(9)6-1-2-6/h3-4,6,8H,1-2H2,(H,13,14,16,19). The molecule has 100 valence electrons. The fourth-order valence-electron chi connectivity index (χ4n) is 1.58. The van der Waals surface area contributed by atoms with Crippen LogP contribution in [0.15, 0.2) is 12.4 Å². The molecule has 8 nitrogen and oxygen atoms in total. The normalized spacial score (nSPS) is 14.9. The van der Waals surface area contributed by atoms with Crippen molar-refractivity contribution in [1.29, 1.82) is 0 Å². The van der Waals surface area contributed by atoms with Gasteiger partial charge in [-0.15, -0.1) is 0 Å². The maximum atomic E-state index is 12.3. The van der Waals surface area contributed by atoms with Gasteiger partial charge in [-0.25, -0.2) is 9.36 Å². The lowest BCUT2D eigenvalue weighted by molar-refractivity contribution is 0.0565. The van der Waals surface area contributed by atoms with Crippen molar-refractivity contribution in [2.75, 3.05) is 5.32 Å². The van der Waals surface area contributed by atoms with Crippen LogP contribution in [-0.4, -0.2) is 35.9 Å². The molecule has 1 N–H and O–H groups in total. The highest BCUT2D eigenvalue weighted by Crippen LogP contribution is 2.35. The second-order valence-electron chi connectivity index (χ2n) is 4.12. The van der Waals surface area contributed by atoms with E-state index in [2.05, 4.69) is 25.9 Å². The van der Waals surface area contributed by atoms with Gasteiger partial charge in [0.05, 0.1) is 17.8 Å². The van der Waals surface area contributed by atoms with Gasteiger partial charge in [0, 0.05) is 6.20 Å². The van der Waals surface area contributed by atoms with Crippen LogP contribution >= 0.6 is 0 Å². The lowest BCUT2D eigenvalue weighted by atomic mass is 10.3. The number of nitrogens with one attached hydrogen (secondary N) is 1.